The fourth-order valence-electron chi connectivity index (χ4n) is 1.11. The highest BCUT2D eigenvalue weighted by molar-refractivity contribution is 6.18. The molecule has 1 aromatic rings. The second kappa shape index (κ2) is 5.00. The first-order valence-electron chi connectivity index (χ1n) is 4.10. The van der Waals surface area contributed by atoms with Crippen molar-refractivity contribution in [2.24, 2.45) is 0 Å². The van der Waals surface area contributed by atoms with Crippen LogP contribution in [0.2, 0.25) is 0 Å². The van der Waals surface area contributed by atoms with E-state index < -0.39 is 0 Å². The molecule has 0 aliphatic rings. The predicted octanol–water partition coefficient (Wildman–Crippen LogP) is 3.33. The van der Waals surface area contributed by atoms with Crippen LogP contribution in [0.5, 0.6) is 0 Å². The van der Waals surface area contributed by atoms with Crippen LogP contribution in [0.4, 0.5) is 0 Å². The fraction of sp³-hybridized carbons (Fsp3) is 0.273. The lowest BCUT2D eigenvalue weighted by Gasteiger charge is -2.00. The van der Waals surface area contributed by atoms with Crippen molar-refractivity contribution in [2.75, 3.05) is 5.88 Å². The van der Waals surface area contributed by atoms with Gasteiger partial charge in [-0.1, -0.05) is 36.4 Å². The molecule has 1 rings (SSSR count). The van der Waals surface area contributed by atoms with E-state index in [9.17, 15) is 0 Å². The molecule has 0 saturated carbocycles. The van der Waals surface area contributed by atoms with E-state index in [1.807, 2.05) is 6.08 Å². The van der Waals surface area contributed by atoms with E-state index in [1.54, 1.807) is 0 Å². The van der Waals surface area contributed by atoms with Crippen LogP contribution in [0, 0.1) is 6.92 Å². The van der Waals surface area contributed by atoms with Crippen molar-refractivity contribution < 1.29 is 0 Å². The van der Waals surface area contributed by atoms with E-state index in [0.717, 1.165) is 6.42 Å². The Labute approximate surface area is 78.9 Å². The lowest BCUT2D eigenvalue weighted by molar-refractivity contribution is 1.21. The summed E-state index contributed by atoms with van der Waals surface area (Å²) in [5.41, 5.74) is 2.72. The van der Waals surface area contributed by atoms with Gasteiger partial charge < -0.3 is 0 Å². The van der Waals surface area contributed by atoms with Crippen molar-refractivity contribution in [3.63, 3.8) is 0 Å². The van der Waals surface area contributed by atoms with Crippen molar-refractivity contribution >= 4 is 11.6 Å². The Bertz CT molecular complexity index is 263. The van der Waals surface area contributed by atoms with Gasteiger partial charge in [-0.2, -0.15) is 0 Å². The van der Waals surface area contributed by atoms with E-state index in [4.69, 9.17) is 11.6 Å². The number of aryl methyl sites for hydroxylation is 1. The average molecular weight is 181 g/mol. The van der Waals surface area contributed by atoms with Gasteiger partial charge in [0.15, 0.2) is 0 Å². The first kappa shape index (κ1) is 9.34. The van der Waals surface area contributed by atoms with Crippen molar-refractivity contribution in [1.29, 1.82) is 0 Å². The molecule has 12 heavy (non-hydrogen) atoms. The molecule has 0 N–H and O–H groups in total. The molecule has 0 fully saturated rings. The van der Waals surface area contributed by atoms with Crippen LogP contribution in [0.1, 0.15) is 11.1 Å². The van der Waals surface area contributed by atoms with Crippen molar-refractivity contribution in [1.82, 2.24) is 0 Å². The van der Waals surface area contributed by atoms with Crippen molar-refractivity contribution in [3.05, 3.63) is 47.5 Å². The maximum Gasteiger partial charge on any atom is 0.0404 e. The summed E-state index contributed by atoms with van der Waals surface area (Å²) in [5.74, 6) is 0.603. The second-order valence-corrected chi connectivity index (χ2v) is 3.06. The smallest absolute Gasteiger partial charge is 0.0404 e. The third-order valence-electron chi connectivity index (χ3n) is 1.85. The average Bonchev–Trinajstić information content (AvgIpc) is 2.09. The summed E-state index contributed by atoms with van der Waals surface area (Å²) < 4.78 is 0. The standard InChI is InChI=1S/C11H13Cl/c1-10-6-2-3-7-11(10)8-4-5-9-12/h2-7H,8-9H2,1H3/b5-4+. The molecule has 64 valence electrons. The van der Waals surface area contributed by atoms with Gasteiger partial charge in [0.1, 0.15) is 0 Å². The Hall–Kier alpha value is -0.750. The van der Waals surface area contributed by atoms with Crippen LogP contribution in [0.25, 0.3) is 0 Å². The predicted molar refractivity (Wildman–Crippen MR) is 54.7 cm³/mol. The molecule has 0 nitrogen and oxygen atoms in total. The van der Waals surface area contributed by atoms with Gasteiger partial charge in [-0.05, 0) is 24.5 Å². The first-order chi connectivity index (χ1) is 5.84. The number of allylic oxidation sites excluding steroid dienone is 2. The number of hydrogen-bond donors (Lipinski definition) is 0. The molecule has 0 unspecified atom stereocenters. The maximum atomic E-state index is 5.52. The Kier molecular flexibility index (Phi) is 3.89. The first-order valence-corrected chi connectivity index (χ1v) is 4.63. The number of rotatable bonds is 3. The molecule has 1 heteroatoms. The van der Waals surface area contributed by atoms with E-state index >= 15 is 0 Å². The minimum atomic E-state index is 0.603. The zero-order valence-corrected chi connectivity index (χ0v) is 8.01. The van der Waals surface area contributed by atoms with Gasteiger partial charge in [0.2, 0.25) is 0 Å². The van der Waals surface area contributed by atoms with E-state index in [1.165, 1.54) is 11.1 Å². The maximum absolute atomic E-state index is 5.52. The quantitative estimate of drug-likeness (QED) is 0.495. The molecular formula is C11H13Cl. The number of alkyl halides is 1. The molecule has 0 amide bonds. The molecule has 0 heterocycles. The Morgan fingerprint density at radius 2 is 2.00 bits per heavy atom. The number of hydrogen-bond acceptors (Lipinski definition) is 0. The van der Waals surface area contributed by atoms with Crippen molar-refractivity contribution in [2.45, 2.75) is 13.3 Å². The number of halogens is 1. The molecule has 1 aromatic carbocycles. The van der Waals surface area contributed by atoms with Gasteiger partial charge in [0.25, 0.3) is 0 Å². The molecule has 0 aromatic heterocycles. The lowest BCUT2D eigenvalue weighted by atomic mass is 10.1. The summed E-state index contributed by atoms with van der Waals surface area (Å²) in [6.45, 7) is 2.13. The minimum Gasteiger partial charge on any atom is -0.122 e. The second-order valence-electron chi connectivity index (χ2n) is 2.76. The highest BCUT2D eigenvalue weighted by atomic mass is 35.5. The highest BCUT2D eigenvalue weighted by Gasteiger charge is 1.91. The van der Waals surface area contributed by atoms with Gasteiger partial charge in [0, 0.05) is 5.88 Å². The Morgan fingerprint density at radius 3 is 2.67 bits per heavy atom. The third-order valence-corrected chi connectivity index (χ3v) is 2.03. The zero-order valence-electron chi connectivity index (χ0n) is 7.26. The summed E-state index contributed by atoms with van der Waals surface area (Å²) in [5, 5.41) is 0. The van der Waals surface area contributed by atoms with Crippen LogP contribution in [-0.4, -0.2) is 5.88 Å². The van der Waals surface area contributed by atoms with Gasteiger partial charge in [0.05, 0.1) is 0 Å². The SMILES string of the molecule is Cc1ccccc1C/C=C/CCl. The lowest BCUT2D eigenvalue weighted by Crippen LogP contribution is -1.85. The fourth-order valence-corrected chi connectivity index (χ4v) is 1.24. The van der Waals surface area contributed by atoms with Gasteiger partial charge >= 0.3 is 0 Å². The molecule has 0 aliphatic heterocycles. The van der Waals surface area contributed by atoms with Crippen LogP contribution in [0.15, 0.2) is 36.4 Å². The van der Waals surface area contributed by atoms with E-state index in [-0.39, 0.29) is 0 Å². The van der Waals surface area contributed by atoms with Gasteiger partial charge in [-0.15, -0.1) is 11.6 Å². The van der Waals surface area contributed by atoms with Crippen LogP contribution >= 0.6 is 11.6 Å². The van der Waals surface area contributed by atoms with Crippen LogP contribution in [0.3, 0.4) is 0 Å². The Balaban J connectivity index is 2.63. The van der Waals surface area contributed by atoms with Crippen LogP contribution in [-0.2, 0) is 6.42 Å². The Morgan fingerprint density at radius 1 is 1.25 bits per heavy atom. The molecule has 0 atom stereocenters. The monoisotopic (exact) mass is 180 g/mol. The van der Waals surface area contributed by atoms with Crippen molar-refractivity contribution in [3.8, 4) is 0 Å². The molecule has 0 aliphatic carbocycles. The third kappa shape index (κ3) is 2.71. The summed E-state index contributed by atoms with van der Waals surface area (Å²) >= 11 is 5.52. The molecule has 0 spiro atoms. The zero-order chi connectivity index (χ0) is 8.81. The minimum absolute atomic E-state index is 0.603. The summed E-state index contributed by atoms with van der Waals surface area (Å²) in [7, 11) is 0. The van der Waals surface area contributed by atoms with Gasteiger partial charge in [-0.25, -0.2) is 0 Å². The topological polar surface area (TPSA) is 0 Å². The van der Waals surface area contributed by atoms with E-state index in [0.29, 0.717) is 5.88 Å². The largest absolute Gasteiger partial charge is 0.122 e. The number of benzene rings is 1. The molecular weight excluding hydrogens is 168 g/mol. The summed E-state index contributed by atoms with van der Waals surface area (Å²) in [6, 6.07) is 8.40. The van der Waals surface area contributed by atoms with Crippen LogP contribution < -0.4 is 0 Å². The normalized spacial score (nSPS) is 10.8. The molecule has 0 radical (unpaired) electrons. The molecule has 0 bridgehead atoms. The summed E-state index contributed by atoms with van der Waals surface area (Å²) in [6.07, 6.45) is 5.07. The highest BCUT2D eigenvalue weighted by Crippen LogP contribution is 2.07. The van der Waals surface area contributed by atoms with E-state index in [2.05, 4.69) is 37.3 Å². The summed E-state index contributed by atoms with van der Waals surface area (Å²) in [4.78, 5) is 0. The molecule has 0 saturated heterocycles. The van der Waals surface area contributed by atoms with Gasteiger partial charge in [-0.3, -0.25) is 0 Å².